The summed E-state index contributed by atoms with van der Waals surface area (Å²) in [6, 6.07) is 9.36. The Kier molecular flexibility index (Phi) is 5.07. The Hall–Kier alpha value is -3.23. The van der Waals surface area contributed by atoms with Gasteiger partial charge in [0.05, 0.1) is 12.3 Å². The zero-order valence-corrected chi connectivity index (χ0v) is 17.3. The second kappa shape index (κ2) is 7.47. The van der Waals surface area contributed by atoms with Gasteiger partial charge in [-0.3, -0.25) is 4.79 Å². The molecule has 0 fully saturated rings. The van der Waals surface area contributed by atoms with Crippen LogP contribution < -0.4 is 10.6 Å². The van der Waals surface area contributed by atoms with Gasteiger partial charge in [-0.25, -0.2) is 4.68 Å². The molecule has 4 rings (SSSR count). The van der Waals surface area contributed by atoms with E-state index in [1.54, 1.807) is 24.3 Å². The van der Waals surface area contributed by atoms with E-state index in [0.29, 0.717) is 11.4 Å². The second-order valence-corrected chi connectivity index (χ2v) is 8.61. The maximum absolute atomic E-state index is 13.8. The van der Waals surface area contributed by atoms with Crippen LogP contribution in [0.1, 0.15) is 61.1 Å². The number of rotatable bonds is 3. The van der Waals surface area contributed by atoms with Gasteiger partial charge < -0.3 is 15.1 Å². The molecule has 0 bridgehead atoms. The van der Waals surface area contributed by atoms with E-state index in [1.807, 2.05) is 32.9 Å². The Morgan fingerprint density at radius 1 is 1.19 bits per heavy atom. The number of carbonyl (C=O) groups is 1. The van der Waals surface area contributed by atoms with E-state index in [-0.39, 0.29) is 23.3 Å². The maximum atomic E-state index is 13.8. The van der Waals surface area contributed by atoms with E-state index in [0.717, 1.165) is 10.2 Å². The van der Waals surface area contributed by atoms with Crippen molar-refractivity contribution in [2.75, 3.05) is 10.6 Å². The van der Waals surface area contributed by atoms with Gasteiger partial charge in [0.15, 0.2) is 11.7 Å². The third-order valence-corrected chi connectivity index (χ3v) is 5.29. The van der Waals surface area contributed by atoms with E-state index < -0.39 is 24.2 Å². The van der Waals surface area contributed by atoms with Crippen LogP contribution in [0.4, 0.5) is 24.7 Å². The van der Waals surface area contributed by atoms with E-state index in [4.69, 9.17) is 4.42 Å². The lowest BCUT2D eigenvalue weighted by Gasteiger charge is -2.32. The number of carbonyl (C=O) groups excluding carboxylic acids is 1. The number of hydrogen-bond donors (Lipinski definition) is 2. The lowest BCUT2D eigenvalue weighted by Crippen LogP contribution is -2.35. The van der Waals surface area contributed by atoms with Crippen molar-refractivity contribution in [3.05, 3.63) is 65.7 Å². The topological polar surface area (TPSA) is 72.1 Å². The SMILES string of the molecule is CC(C)(C)c1ccccc1NC(=O)c1cc2n(n1)[C@@H](C(F)(F)F)C[C@@H](c1ccco1)N2. The lowest BCUT2D eigenvalue weighted by molar-refractivity contribution is -0.174. The van der Waals surface area contributed by atoms with Crippen molar-refractivity contribution in [1.29, 1.82) is 0 Å². The minimum Gasteiger partial charge on any atom is -0.467 e. The van der Waals surface area contributed by atoms with Crippen molar-refractivity contribution in [1.82, 2.24) is 9.78 Å². The van der Waals surface area contributed by atoms with Gasteiger partial charge in [-0.15, -0.1) is 0 Å². The molecule has 0 unspecified atom stereocenters. The van der Waals surface area contributed by atoms with Crippen LogP contribution in [0.3, 0.4) is 0 Å². The lowest BCUT2D eigenvalue weighted by atomic mass is 9.86. The van der Waals surface area contributed by atoms with Crippen LogP contribution in [0.2, 0.25) is 0 Å². The summed E-state index contributed by atoms with van der Waals surface area (Å²) < 4.78 is 47.4. The summed E-state index contributed by atoms with van der Waals surface area (Å²) >= 11 is 0. The highest BCUT2D eigenvalue weighted by Crippen LogP contribution is 2.43. The number of nitrogens with one attached hydrogen (secondary N) is 2. The molecule has 31 heavy (non-hydrogen) atoms. The molecule has 3 aromatic rings. The number of hydrogen-bond acceptors (Lipinski definition) is 4. The van der Waals surface area contributed by atoms with E-state index in [2.05, 4.69) is 15.7 Å². The molecule has 1 aliphatic heterocycles. The molecule has 0 radical (unpaired) electrons. The van der Waals surface area contributed by atoms with Crippen LogP contribution in [0.15, 0.2) is 53.1 Å². The molecule has 9 heteroatoms. The number of aromatic nitrogens is 2. The molecule has 1 amide bonds. The average Bonchev–Trinajstić information content (AvgIpc) is 3.35. The number of fused-ring (bicyclic) bond motifs is 1. The molecule has 2 N–H and O–H groups in total. The summed E-state index contributed by atoms with van der Waals surface area (Å²) in [6.07, 6.45) is -3.41. The summed E-state index contributed by atoms with van der Waals surface area (Å²) in [7, 11) is 0. The van der Waals surface area contributed by atoms with Gasteiger partial charge in [-0.05, 0) is 29.2 Å². The van der Waals surface area contributed by atoms with Crippen LogP contribution in [0.25, 0.3) is 0 Å². The van der Waals surface area contributed by atoms with Crippen molar-refractivity contribution in [2.45, 2.75) is 50.9 Å². The molecule has 2 aromatic heterocycles. The molecule has 1 aliphatic rings. The van der Waals surface area contributed by atoms with Crippen LogP contribution in [0.5, 0.6) is 0 Å². The minimum atomic E-state index is -4.53. The van der Waals surface area contributed by atoms with Crippen molar-refractivity contribution in [2.24, 2.45) is 0 Å². The van der Waals surface area contributed by atoms with Crippen molar-refractivity contribution in [3.8, 4) is 0 Å². The molecular weight excluding hydrogens is 409 g/mol. The third kappa shape index (κ3) is 4.17. The number of para-hydroxylation sites is 1. The average molecular weight is 432 g/mol. The van der Waals surface area contributed by atoms with Gasteiger partial charge in [0, 0.05) is 18.2 Å². The largest absolute Gasteiger partial charge is 0.467 e. The van der Waals surface area contributed by atoms with Crippen LogP contribution >= 0.6 is 0 Å². The Morgan fingerprint density at radius 3 is 2.58 bits per heavy atom. The summed E-state index contributed by atoms with van der Waals surface area (Å²) in [5.74, 6) is -0.0630. The fraction of sp³-hybridized carbons (Fsp3) is 0.364. The smallest absolute Gasteiger partial charge is 0.410 e. The highest BCUT2D eigenvalue weighted by Gasteiger charge is 2.47. The van der Waals surface area contributed by atoms with Crippen LogP contribution in [-0.4, -0.2) is 21.9 Å². The molecule has 0 saturated carbocycles. The molecule has 1 aromatic carbocycles. The van der Waals surface area contributed by atoms with Crippen molar-refractivity contribution < 1.29 is 22.4 Å². The zero-order valence-electron chi connectivity index (χ0n) is 17.3. The minimum absolute atomic E-state index is 0.0967. The molecule has 164 valence electrons. The molecule has 3 heterocycles. The van der Waals surface area contributed by atoms with Gasteiger partial charge in [-0.1, -0.05) is 39.0 Å². The molecule has 2 atom stereocenters. The van der Waals surface area contributed by atoms with Gasteiger partial charge in [0.25, 0.3) is 5.91 Å². The van der Waals surface area contributed by atoms with Gasteiger partial charge in [-0.2, -0.15) is 18.3 Å². The molecule has 0 saturated heterocycles. The monoisotopic (exact) mass is 432 g/mol. The maximum Gasteiger partial charge on any atom is 0.410 e. The van der Waals surface area contributed by atoms with Gasteiger partial charge in [0.1, 0.15) is 11.6 Å². The first-order chi connectivity index (χ1) is 14.5. The predicted molar refractivity (Wildman–Crippen MR) is 110 cm³/mol. The van der Waals surface area contributed by atoms with Crippen LogP contribution in [-0.2, 0) is 5.41 Å². The zero-order chi connectivity index (χ0) is 22.4. The summed E-state index contributed by atoms with van der Waals surface area (Å²) in [4.78, 5) is 12.9. The van der Waals surface area contributed by atoms with Gasteiger partial charge >= 0.3 is 6.18 Å². The Balaban J connectivity index is 1.65. The van der Waals surface area contributed by atoms with E-state index in [1.165, 1.54) is 12.3 Å². The Labute approximate surface area is 177 Å². The van der Waals surface area contributed by atoms with Crippen molar-refractivity contribution >= 4 is 17.4 Å². The standard InChI is InChI=1S/C22H23F3N4O2/c1-21(2,3)13-7-4-5-8-14(13)27-20(30)16-12-19-26-15(17-9-6-10-31-17)11-18(22(23,24)25)29(19)28-16/h4-10,12,15,18,26H,11H2,1-3H3,(H,27,30)/t15-,18+/m0/s1. The molecule has 0 aliphatic carbocycles. The highest BCUT2D eigenvalue weighted by atomic mass is 19.4. The highest BCUT2D eigenvalue weighted by molar-refractivity contribution is 6.03. The van der Waals surface area contributed by atoms with Crippen molar-refractivity contribution in [3.63, 3.8) is 0 Å². The predicted octanol–water partition coefficient (Wildman–Crippen LogP) is 5.69. The third-order valence-electron chi connectivity index (χ3n) is 5.29. The number of alkyl halides is 3. The quantitative estimate of drug-likeness (QED) is 0.558. The number of nitrogens with zero attached hydrogens (tertiary/aromatic N) is 2. The van der Waals surface area contributed by atoms with Crippen LogP contribution in [0, 0.1) is 0 Å². The number of anilines is 2. The number of benzene rings is 1. The first-order valence-corrected chi connectivity index (χ1v) is 9.91. The number of amides is 1. The van der Waals surface area contributed by atoms with Gasteiger partial charge in [0.2, 0.25) is 0 Å². The summed E-state index contributed by atoms with van der Waals surface area (Å²) in [5.41, 5.74) is 1.19. The normalized spacial score (nSPS) is 18.9. The van der Waals surface area contributed by atoms with E-state index in [9.17, 15) is 18.0 Å². The van der Waals surface area contributed by atoms with E-state index >= 15 is 0 Å². The summed E-state index contributed by atoms with van der Waals surface area (Å²) in [5, 5.41) is 9.79. The fourth-order valence-electron chi connectivity index (χ4n) is 3.79. The molecule has 0 spiro atoms. The molecule has 6 nitrogen and oxygen atoms in total. The first kappa shape index (κ1) is 21.0. The summed E-state index contributed by atoms with van der Waals surface area (Å²) in [6.45, 7) is 6.04. The second-order valence-electron chi connectivity index (χ2n) is 8.61. The fourth-order valence-corrected chi connectivity index (χ4v) is 3.79. The Bertz CT molecular complexity index is 1080. The Morgan fingerprint density at radius 2 is 1.94 bits per heavy atom. The first-order valence-electron chi connectivity index (χ1n) is 9.91. The number of halogens is 3. The number of furan rings is 1. The molecular formula is C22H23F3N4O2.